The lowest BCUT2D eigenvalue weighted by Gasteiger charge is -1.67. The minimum Gasteiger partial charge on any atom is -0.397 e. The Hall–Kier alpha value is 0.170. The molecule has 0 aromatic rings. The molecule has 9 heavy (non-hydrogen) atoms. The molecular formula is C5H14ClNO2. The molecule has 58 valence electrons. The van der Waals surface area contributed by atoms with E-state index in [9.17, 15) is 0 Å². The molecule has 0 saturated carbocycles. The topological polar surface area (TPSA) is 67.8 Å². The Morgan fingerprint density at radius 3 is 2.11 bits per heavy atom. The maximum Gasteiger partial charge on any atom is 0.0944 e. The second-order valence-corrected chi connectivity index (χ2v) is 1.73. The van der Waals surface area contributed by atoms with Gasteiger partial charge in [-0.05, 0) is 6.92 Å². The number of alkyl halides is 1. The first-order valence-electron chi connectivity index (χ1n) is 2.63. The van der Waals surface area contributed by atoms with Crippen LogP contribution in [0.25, 0.3) is 0 Å². The predicted molar refractivity (Wildman–Crippen MR) is 38.2 cm³/mol. The van der Waals surface area contributed by atoms with E-state index >= 15 is 0 Å². The SMILES string of the molecule is CCO.ClCC1CO1.N. The molecule has 0 aliphatic carbocycles. The standard InChI is InChI=1S/C3H5ClO.C2H6O.H3N/c4-1-3-2-5-3;1-2-3;/h3H,1-2H2;3H,2H2,1H3;1H3. The van der Waals surface area contributed by atoms with Gasteiger partial charge in [-0.3, -0.25) is 0 Å². The van der Waals surface area contributed by atoms with Crippen molar-refractivity contribution in [3.8, 4) is 0 Å². The van der Waals surface area contributed by atoms with Crippen molar-refractivity contribution in [2.45, 2.75) is 13.0 Å². The van der Waals surface area contributed by atoms with E-state index in [1.54, 1.807) is 6.92 Å². The number of rotatable bonds is 1. The molecule has 0 bridgehead atoms. The van der Waals surface area contributed by atoms with E-state index in [1.165, 1.54) is 0 Å². The second-order valence-electron chi connectivity index (χ2n) is 1.43. The van der Waals surface area contributed by atoms with E-state index in [2.05, 4.69) is 0 Å². The molecule has 1 fully saturated rings. The molecular weight excluding hydrogens is 142 g/mol. The van der Waals surface area contributed by atoms with E-state index in [0.717, 1.165) is 6.61 Å². The average Bonchev–Trinajstić information content (AvgIpc) is 2.48. The smallest absolute Gasteiger partial charge is 0.0944 e. The summed E-state index contributed by atoms with van der Waals surface area (Å²) in [4.78, 5) is 0. The Morgan fingerprint density at radius 1 is 1.78 bits per heavy atom. The number of ether oxygens (including phenoxy) is 1. The molecule has 1 heterocycles. The van der Waals surface area contributed by atoms with Crippen LogP contribution >= 0.6 is 11.6 Å². The molecule has 0 radical (unpaired) electrons. The quantitative estimate of drug-likeness (QED) is 0.435. The van der Waals surface area contributed by atoms with Crippen molar-refractivity contribution in [3.05, 3.63) is 0 Å². The highest BCUT2D eigenvalue weighted by atomic mass is 35.5. The second kappa shape index (κ2) is 8.17. The van der Waals surface area contributed by atoms with Gasteiger partial charge in [0.05, 0.1) is 18.6 Å². The van der Waals surface area contributed by atoms with Crippen molar-refractivity contribution in [1.29, 1.82) is 0 Å². The highest BCUT2D eigenvalue weighted by molar-refractivity contribution is 6.18. The molecule has 1 unspecified atom stereocenters. The van der Waals surface area contributed by atoms with E-state index < -0.39 is 0 Å². The average molecular weight is 156 g/mol. The number of aliphatic hydroxyl groups is 1. The van der Waals surface area contributed by atoms with Gasteiger partial charge in [0.15, 0.2) is 0 Å². The minimum atomic E-state index is 0. The summed E-state index contributed by atoms with van der Waals surface area (Å²) in [7, 11) is 0. The molecule has 1 aliphatic heterocycles. The summed E-state index contributed by atoms with van der Waals surface area (Å²) >= 11 is 5.27. The van der Waals surface area contributed by atoms with Crippen LogP contribution in [0, 0.1) is 0 Å². The van der Waals surface area contributed by atoms with Crippen LogP contribution in [-0.4, -0.2) is 30.3 Å². The van der Waals surface area contributed by atoms with Crippen LogP contribution in [0.4, 0.5) is 0 Å². The van der Waals surface area contributed by atoms with Crippen molar-refractivity contribution >= 4 is 11.6 Å². The molecule has 3 nitrogen and oxygen atoms in total. The van der Waals surface area contributed by atoms with Crippen molar-refractivity contribution in [2.24, 2.45) is 0 Å². The lowest BCUT2D eigenvalue weighted by atomic mass is 10.6. The summed E-state index contributed by atoms with van der Waals surface area (Å²) in [5.74, 6) is 0.667. The number of hydrogen-bond acceptors (Lipinski definition) is 3. The molecule has 0 amide bonds. The van der Waals surface area contributed by atoms with Crippen LogP contribution < -0.4 is 6.15 Å². The monoisotopic (exact) mass is 155 g/mol. The first kappa shape index (κ1) is 11.9. The van der Waals surface area contributed by atoms with Crippen LogP contribution in [0.2, 0.25) is 0 Å². The number of hydrogen-bond donors (Lipinski definition) is 2. The summed E-state index contributed by atoms with van der Waals surface area (Å²) in [5.41, 5.74) is 0. The van der Waals surface area contributed by atoms with Gasteiger partial charge in [0, 0.05) is 6.61 Å². The van der Waals surface area contributed by atoms with Crippen LogP contribution in [-0.2, 0) is 4.74 Å². The molecule has 0 aromatic carbocycles. The van der Waals surface area contributed by atoms with Crippen LogP contribution in [0.15, 0.2) is 0 Å². The Bertz CT molecular complexity index is 50.2. The highest BCUT2D eigenvalue weighted by Gasteiger charge is 2.19. The van der Waals surface area contributed by atoms with Crippen LogP contribution in [0.3, 0.4) is 0 Å². The summed E-state index contributed by atoms with van der Waals surface area (Å²) in [6.07, 6.45) is 0.400. The molecule has 0 spiro atoms. The van der Waals surface area contributed by atoms with Gasteiger partial charge in [-0.2, -0.15) is 0 Å². The Kier molecular flexibility index (Phi) is 10.8. The van der Waals surface area contributed by atoms with Crippen molar-refractivity contribution < 1.29 is 9.84 Å². The lowest BCUT2D eigenvalue weighted by molar-refractivity contribution is 0.318. The Labute approximate surface area is 60.5 Å². The maximum absolute atomic E-state index is 7.57. The van der Waals surface area contributed by atoms with Crippen molar-refractivity contribution in [2.75, 3.05) is 19.1 Å². The van der Waals surface area contributed by atoms with Gasteiger partial charge < -0.3 is 16.0 Å². The van der Waals surface area contributed by atoms with E-state index in [0.29, 0.717) is 12.0 Å². The zero-order chi connectivity index (χ0) is 6.41. The largest absolute Gasteiger partial charge is 0.397 e. The van der Waals surface area contributed by atoms with Crippen molar-refractivity contribution in [3.63, 3.8) is 0 Å². The third kappa shape index (κ3) is 11.6. The van der Waals surface area contributed by atoms with Crippen molar-refractivity contribution in [1.82, 2.24) is 6.15 Å². The fourth-order valence-corrected chi connectivity index (χ4v) is 0.335. The molecule has 1 saturated heterocycles. The van der Waals surface area contributed by atoms with E-state index in [4.69, 9.17) is 21.4 Å². The first-order chi connectivity index (χ1) is 3.85. The number of aliphatic hydroxyl groups excluding tert-OH is 1. The number of halogens is 1. The molecule has 4 N–H and O–H groups in total. The highest BCUT2D eigenvalue weighted by Crippen LogP contribution is 2.08. The molecule has 1 atom stereocenters. The maximum atomic E-state index is 7.57. The summed E-state index contributed by atoms with van der Waals surface area (Å²) < 4.78 is 4.73. The lowest BCUT2D eigenvalue weighted by Crippen LogP contribution is -1.80. The van der Waals surface area contributed by atoms with Gasteiger partial charge in [-0.15, -0.1) is 11.6 Å². The molecule has 1 aliphatic rings. The molecule has 0 aromatic heterocycles. The van der Waals surface area contributed by atoms with Gasteiger partial charge in [0.25, 0.3) is 0 Å². The van der Waals surface area contributed by atoms with E-state index in [-0.39, 0.29) is 12.8 Å². The summed E-state index contributed by atoms with van der Waals surface area (Å²) in [5, 5.41) is 7.57. The fraction of sp³-hybridized carbons (Fsp3) is 1.00. The Morgan fingerprint density at radius 2 is 2.11 bits per heavy atom. The van der Waals surface area contributed by atoms with Gasteiger partial charge in [-0.1, -0.05) is 0 Å². The summed E-state index contributed by atoms with van der Waals surface area (Å²) in [6.45, 7) is 2.81. The molecule has 4 heteroatoms. The van der Waals surface area contributed by atoms with Gasteiger partial charge in [0.2, 0.25) is 0 Å². The third-order valence-corrected chi connectivity index (χ3v) is 0.919. The summed E-state index contributed by atoms with van der Waals surface area (Å²) in [6, 6.07) is 0. The fourth-order valence-electron chi connectivity index (χ4n) is 0.157. The van der Waals surface area contributed by atoms with Gasteiger partial charge in [-0.25, -0.2) is 0 Å². The third-order valence-electron chi connectivity index (χ3n) is 0.574. The van der Waals surface area contributed by atoms with Gasteiger partial charge in [0.1, 0.15) is 0 Å². The van der Waals surface area contributed by atoms with Gasteiger partial charge >= 0.3 is 0 Å². The van der Waals surface area contributed by atoms with Crippen LogP contribution in [0.1, 0.15) is 6.92 Å². The molecule has 1 rings (SSSR count). The van der Waals surface area contributed by atoms with Crippen LogP contribution in [0.5, 0.6) is 0 Å². The van der Waals surface area contributed by atoms with E-state index in [1.807, 2.05) is 0 Å². The minimum absolute atomic E-state index is 0. The normalized spacial score (nSPS) is 21.0. The first-order valence-corrected chi connectivity index (χ1v) is 3.17. The Balaban J connectivity index is 0. The predicted octanol–water partition coefficient (Wildman–Crippen LogP) is 0.785. The zero-order valence-corrected chi connectivity index (χ0v) is 6.40. The number of epoxide rings is 1. The zero-order valence-electron chi connectivity index (χ0n) is 5.64.